The van der Waals surface area contributed by atoms with Gasteiger partial charge in [0, 0.05) is 32.1 Å². The van der Waals surface area contributed by atoms with E-state index in [1.165, 1.54) is 16.9 Å². The summed E-state index contributed by atoms with van der Waals surface area (Å²) in [5.74, 6) is 0. The Kier molecular flexibility index (Phi) is 3.57. The molecule has 1 heterocycles. The van der Waals surface area contributed by atoms with Gasteiger partial charge >= 0.3 is 0 Å². The van der Waals surface area contributed by atoms with Crippen LogP contribution in [0.2, 0.25) is 0 Å². The molecule has 94 valence electrons. The fourth-order valence-corrected chi connectivity index (χ4v) is 2.21. The molecule has 1 aliphatic rings. The summed E-state index contributed by atoms with van der Waals surface area (Å²) in [5, 5.41) is 3.58. The van der Waals surface area contributed by atoms with Gasteiger partial charge in [-0.2, -0.15) is 0 Å². The Morgan fingerprint density at radius 2 is 2.12 bits per heavy atom. The van der Waals surface area contributed by atoms with Gasteiger partial charge in [-0.1, -0.05) is 0 Å². The molecule has 0 spiro atoms. The normalized spacial score (nSPS) is 23.8. The Morgan fingerprint density at radius 3 is 2.65 bits per heavy atom. The smallest absolute Gasteiger partial charge is 0.0748 e. The molecule has 2 rings (SSSR count). The van der Waals surface area contributed by atoms with Crippen molar-refractivity contribution in [2.24, 2.45) is 0 Å². The predicted octanol–water partition coefficient (Wildman–Crippen LogP) is 2.65. The van der Waals surface area contributed by atoms with Crippen LogP contribution in [0.4, 0.5) is 11.4 Å². The summed E-state index contributed by atoms with van der Waals surface area (Å²) < 4.78 is 5.57. The Morgan fingerprint density at radius 1 is 1.35 bits per heavy atom. The summed E-state index contributed by atoms with van der Waals surface area (Å²) in [4.78, 5) is 2.12. The quantitative estimate of drug-likeness (QED) is 0.870. The molecule has 1 aromatic rings. The third-order valence-corrected chi connectivity index (χ3v) is 3.44. The fourth-order valence-electron chi connectivity index (χ4n) is 2.21. The molecule has 0 bridgehead atoms. The van der Waals surface area contributed by atoms with Gasteiger partial charge in [-0.25, -0.2) is 0 Å². The highest BCUT2D eigenvalue weighted by Crippen LogP contribution is 2.24. The summed E-state index contributed by atoms with van der Waals surface area (Å²) in [6, 6.07) is 6.97. The zero-order chi connectivity index (χ0) is 12.4. The number of hydrogen-bond donors (Lipinski definition) is 1. The minimum Gasteiger partial charge on any atom is -0.379 e. The maximum atomic E-state index is 5.57. The second-order valence-corrected chi connectivity index (χ2v) is 5.01. The maximum Gasteiger partial charge on any atom is 0.0748 e. The molecule has 1 fully saturated rings. The minimum atomic E-state index is 0.308. The third-order valence-electron chi connectivity index (χ3n) is 3.44. The van der Waals surface area contributed by atoms with Gasteiger partial charge in [-0.05, 0) is 44.0 Å². The predicted molar refractivity (Wildman–Crippen MR) is 72.9 cm³/mol. The van der Waals surface area contributed by atoms with Crippen molar-refractivity contribution in [2.75, 3.05) is 30.9 Å². The molecule has 0 radical (unpaired) electrons. The number of hydrogen-bond acceptors (Lipinski definition) is 3. The number of rotatable bonds is 3. The molecule has 3 heteroatoms. The Balaban J connectivity index is 2.11. The molecule has 0 amide bonds. The lowest BCUT2D eigenvalue weighted by Gasteiger charge is -2.20. The van der Waals surface area contributed by atoms with Crippen molar-refractivity contribution in [1.82, 2.24) is 0 Å². The molecule has 1 saturated heterocycles. The number of anilines is 2. The van der Waals surface area contributed by atoms with Gasteiger partial charge in [0.15, 0.2) is 0 Å². The number of nitrogens with one attached hydrogen (secondary N) is 1. The zero-order valence-corrected chi connectivity index (χ0v) is 11.2. The topological polar surface area (TPSA) is 24.5 Å². The van der Waals surface area contributed by atoms with Crippen molar-refractivity contribution < 1.29 is 4.74 Å². The van der Waals surface area contributed by atoms with Gasteiger partial charge in [0.25, 0.3) is 0 Å². The van der Waals surface area contributed by atoms with Crippen LogP contribution in [0.5, 0.6) is 0 Å². The van der Waals surface area contributed by atoms with Gasteiger partial charge in [0.05, 0.1) is 12.1 Å². The lowest BCUT2D eigenvalue weighted by atomic mass is 10.1. The standard InChI is InChI=1S/C14H22N2O/c1-10-9-12(16(3)4)5-6-13(10)15-14-7-8-17-11(14)2/h5-6,9,11,14-15H,7-8H2,1-4H3. The lowest BCUT2D eigenvalue weighted by molar-refractivity contribution is 0.121. The largest absolute Gasteiger partial charge is 0.379 e. The van der Waals surface area contributed by atoms with E-state index in [-0.39, 0.29) is 0 Å². The number of nitrogens with zero attached hydrogens (tertiary/aromatic N) is 1. The van der Waals surface area contributed by atoms with Crippen molar-refractivity contribution in [2.45, 2.75) is 32.4 Å². The van der Waals surface area contributed by atoms with Crippen LogP contribution in [-0.4, -0.2) is 32.8 Å². The second kappa shape index (κ2) is 4.96. The van der Waals surface area contributed by atoms with Crippen molar-refractivity contribution in [1.29, 1.82) is 0 Å². The van der Waals surface area contributed by atoms with Crippen LogP contribution in [0, 0.1) is 6.92 Å². The van der Waals surface area contributed by atoms with E-state index in [0.717, 1.165) is 13.0 Å². The monoisotopic (exact) mass is 234 g/mol. The van der Waals surface area contributed by atoms with E-state index in [1.54, 1.807) is 0 Å². The summed E-state index contributed by atoms with van der Waals surface area (Å²) in [5.41, 5.74) is 3.75. The summed E-state index contributed by atoms with van der Waals surface area (Å²) in [6.07, 6.45) is 1.40. The van der Waals surface area contributed by atoms with E-state index in [4.69, 9.17) is 4.74 Å². The van der Waals surface area contributed by atoms with Gasteiger partial charge in [0.2, 0.25) is 0 Å². The van der Waals surface area contributed by atoms with Crippen LogP contribution < -0.4 is 10.2 Å². The first-order valence-corrected chi connectivity index (χ1v) is 6.24. The second-order valence-electron chi connectivity index (χ2n) is 5.01. The average Bonchev–Trinajstić information content (AvgIpc) is 2.67. The van der Waals surface area contributed by atoms with Crippen LogP contribution in [-0.2, 0) is 4.74 Å². The molecule has 1 aliphatic heterocycles. The molecule has 1 N–H and O–H groups in total. The van der Waals surface area contributed by atoms with Gasteiger partial charge in [-0.3, -0.25) is 0 Å². The highest BCUT2D eigenvalue weighted by molar-refractivity contribution is 5.60. The summed E-state index contributed by atoms with van der Waals surface area (Å²) in [6.45, 7) is 5.15. The fraction of sp³-hybridized carbons (Fsp3) is 0.571. The first kappa shape index (κ1) is 12.2. The van der Waals surface area contributed by atoms with E-state index in [1.807, 2.05) is 0 Å². The average molecular weight is 234 g/mol. The Bertz CT molecular complexity index is 390. The van der Waals surface area contributed by atoms with E-state index in [9.17, 15) is 0 Å². The Labute approximate surface area is 104 Å². The van der Waals surface area contributed by atoms with Crippen LogP contribution in [0.1, 0.15) is 18.9 Å². The number of benzene rings is 1. The molecule has 2 atom stereocenters. The third kappa shape index (κ3) is 2.72. The molecule has 3 nitrogen and oxygen atoms in total. The van der Waals surface area contributed by atoms with Crippen LogP contribution in [0.3, 0.4) is 0 Å². The Hall–Kier alpha value is -1.22. The molecule has 17 heavy (non-hydrogen) atoms. The van der Waals surface area contributed by atoms with Gasteiger partial charge in [0.1, 0.15) is 0 Å². The van der Waals surface area contributed by atoms with E-state index in [2.05, 4.69) is 56.4 Å². The summed E-state index contributed by atoms with van der Waals surface area (Å²) >= 11 is 0. The van der Waals surface area contributed by atoms with Crippen molar-refractivity contribution in [3.05, 3.63) is 23.8 Å². The first-order valence-electron chi connectivity index (χ1n) is 6.24. The number of ether oxygens (including phenoxy) is 1. The van der Waals surface area contributed by atoms with E-state index < -0.39 is 0 Å². The molecule has 0 aliphatic carbocycles. The highest BCUT2D eigenvalue weighted by Gasteiger charge is 2.24. The van der Waals surface area contributed by atoms with Crippen molar-refractivity contribution >= 4 is 11.4 Å². The van der Waals surface area contributed by atoms with Crippen LogP contribution in [0.25, 0.3) is 0 Å². The molecular formula is C14H22N2O. The van der Waals surface area contributed by atoms with Crippen LogP contribution in [0.15, 0.2) is 18.2 Å². The van der Waals surface area contributed by atoms with Crippen molar-refractivity contribution in [3.63, 3.8) is 0 Å². The molecule has 0 saturated carbocycles. The van der Waals surface area contributed by atoms with Crippen LogP contribution >= 0.6 is 0 Å². The lowest BCUT2D eigenvalue weighted by Crippen LogP contribution is -2.27. The van der Waals surface area contributed by atoms with Gasteiger partial charge < -0.3 is 15.0 Å². The molecule has 2 unspecified atom stereocenters. The zero-order valence-electron chi connectivity index (χ0n) is 11.2. The van der Waals surface area contributed by atoms with E-state index >= 15 is 0 Å². The first-order chi connectivity index (χ1) is 8.08. The maximum absolute atomic E-state index is 5.57. The highest BCUT2D eigenvalue weighted by atomic mass is 16.5. The summed E-state index contributed by atoms with van der Waals surface area (Å²) in [7, 11) is 4.13. The molecule has 1 aromatic carbocycles. The number of aryl methyl sites for hydroxylation is 1. The molecule has 0 aromatic heterocycles. The van der Waals surface area contributed by atoms with Crippen molar-refractivity contribution in [3.8, 4) is 0 Å². The van der Waals surface area contributed by atoms with E-state index in [0.29, 0.717) is 12.1 Å². The molecular weight excluding hydrogens is 212 g/mol. The SMILES string of the molecule is Cc1cc(N(C)C)ccc1NC1CCOC1C. The van der Waals surface area contributed by atoms with Gasteiger partial charge in [-0.15, -0.1) is 0 Å². The minimum absolute atomic E-state index is 0.308.